The average Bonchev–Trinajstić information content (AvgIpc) is 2.54. The van der Waals surface area contributed by atoms with Gasteiger partial charge in [-0.3, -0.25) is 4.79 Å². The fraction of sp³-hybridized carbons (Fsp3) is 0.300. The smallest absolute Gasteiger partial charge is 0.155 e. The first-order chi connectivity index (χ1) is 11.1. The average molecular weight is 501 g/mol. The molecular formula is C20H22IrNO2-. The van der Waals surface area contributed by atoms with Crippen LogP contribution in [0.1, 0.15) is 37.8 Å². The molecule has 0 amide bonds. The largest absolute Gasteiger partial charge is 0.512 e. The van der Waals surface area contributed by atoms with Gasteiger partial charge in [-0.2, -0.15) is 0 Å². The molecule has 1 heterocycles. The molecule has 1 aliphatic rings. The summed E-state index contributed by atoms with van der Waals surface area (Å²) in [5.74, 6) is -0.0625. The molecule has 1 aliphatic carbocycles. The van der Waals surface area contributed by atoms with Crippen LogP contribution in [-0.2, 0) is 37.7 Å². The number of pyridine rings is 1. The van der Waals surface area contributed by atoms with Crippen molar-refractivity contribution in [2.75, 3.05) is 0 Å². The van der Waals surface area contributed by atoms with Crippen molar-refractivity contribution in [1.29, 1.82) is 0 Å². The van der Waals surface area contributed by atoms with Crippen LogP contribution in [0.2, 0.25) is 0 Å². The number of fused-ring (bicyclic) bond motifs is 1. The number of allylic oxidation sites excluding steroid dienone is 2. The van der Waals surface area contributed by atoms with Crippen LogP contribution in [0, 0.1) is 6.07 Å². The molecule has 3 nitrogen and oxygen atoms in total. The number of carbonyl (C=O) groups is 1. The molecule has 1 aromatic heterocycles. The second-order valence-electron chi connectivity index (χ2n) is 5.67. The number of ketones is 1. The standard InChI is InChI=1S/C15H14N.C5H8O2.Ir/c1-2-8-13-12(6-1)7-5-9-14(13)15-10-3-4-11-16-15;1-4(6)3-5(2)7;/h3-5,7,10-11H,1-2,6,8H2;3,6H,1-2H3;/q-1;;/b;4-3-;. The third-order valence-corrected chi connectivity index (χ3v) is 3.66. The van der Waals surface area contributed by atoms with Crippen molar-refractivity contribution >= 4 is 5.78 Å². The maximum absolute atomic E-state index is 10.0. The first kappa shape index (κ1) is 20.3. The van der Waals surface area contributed by atoms with E-state index in [9.17, 15) is 4.79 Å². The maximum Gasteiger partial charge on any atom is 0.155 e. The minimum absolute atomic E-state index is 0. The number of aromatic nitrogens is 1. The number of rotatable bonds is 2. The Morgan fingerprint density at radius 3 is 2.54 bits per heavy atom. The number of benzene rings is 1. The summed E-state index contributed by atoms with van der Waals surface area (Å²) >= 11 is 0. The molecule has 0 saturated heterocycles. The van der Waals surface area contributed by atoms with E-state index in [0.717, 1.165) is 5.69 Å². The van der Waals surface area contributed by atoms with Gasteiger partial charge in [-0.05, 0) is 32.0 Å². The maximum atomic E-state index is 10.0. The summed E-state index contributed by atoms with van der Waals surface area (Å²) in [5.41, 5.74) is 5.22. The molecule has 0 spiro atoms. The van der Waals surface area contributed by atoms with Gasteiger partial charge in [-0.1, -0.05) is 31.4 Å². The SMILES string of the molecule is CC(=O)/C=C(/C)O.[Ir].[c-]1ccc2c(c1-c1ccccn1)CCCC2. The van der Waals surface area contributed by atoms with E-state index in [4.69, 9.17) is 5.11 Å². The molecule has 0 atom stereocenters. The molecule has 1 N–H and O–H groups in total. The van der Waals surface area contributed by atoms with E-state index < -0.39 is 0 Å². The van der Waals surface area contributed by atoms with E-state index in [0.29, 0.717) is 0 Å². The summed E-state index contributed by atoms with van der Waals surface area (Å²) in [4.78, 5) is 14.4. The van der Waals surface area contributed by atoms with Crippen LogP contribution in [0.4, 0.5) is 0 Å². The van der Waals surface area contributed by atoms with Crippen LogP contribution in [0.5, 0.6) is 0 Å². The number of hydrogen-bond donors (Lipinski definition) is 1. The Morgan fingerprint density at radius 2 is 1.96 bits per heavy atom. The predicted octanol–water partition coefficient (Wildman–Crippen LogP) is 4.46. The molecule has 0 unspecified atom stereocenters. The summed E-state index contributed by atoms with van der Waals surface area (Å²) < 4.78 is 0. The molecule has 0 bridgehead atoms. The molecule has 0 saturated carbocycles. The van der Waals surface area contributed by atoms with E-state index in [1.807, 2.05) is 24.4 Å². The summed E-state index contributed by atoms with van der Waals surface area (Å²) in [6.07, 6.45) is 8.02. The van der Waals surface area contributed by atoms with Crippen molar-refractivity contribution < 1.29 is 30.0 Å². The number of aliphatic hydroxyl groups excluding tert-OH is 1. The van der Waals surface area contributed by atoms with Gasteiger partial charge >= 0.3 is 0 Å². The summed E-state index contributed by atoms with van der Waals surface area (Å²) in [5, 5.41) is 8.36. The van der Waals surface area contributed by atoms with E-state index >= 15 is 0 Å². The summed E-state index contributed by atoms with van der Waals surface area (Å²) in [6.45, 7) is 2.85. The van der Waals surface area contributed by atoms with Crippen LogP contribution < -0.4 is 0 Å². The van der Waals surface area contributed by atoms with Gasteiger partial charge in [-0.15, -0.1) is 34.9 Å². The fourth-order valence-corrected chi connectivity index (χ4v) is 2.74. The quantitative estimate of drug-likeness (QED) is 0.376. The van der Waals surface area contributed by atoms with Gasteiger partial charge < -0.3 is 10.1 Å². The summed E-state index contributed by atoms with van der Waals surface area (Å²) in [7, 11) is 0. The van der Waals surface area contributed by atoms with E-state index in [1.165, 1.54) is 62.3 Å². The van der Waals surface area contributed by atoms with Gasteiger partial charge in [0, 0.05) is 32.4 Å². The van der Waals surface area contributed by atoms with Gasteiger partial charge in [0.25, 0.3) is 0 Å². The molecule has 129 valence electrons. The first-order valence-electron chi connectivity index (χ1n) is 7.89. The monoisotopic (exact) mass is 501 g/mol. The number of nitrogens with zero attached hydrogens (tertiary/aromatic N) is 1. The van der Waals surface area contributed by atoms with Gasteiger partial charge in [0.05, 0.1) is 5.76 Å². The normalized spacial score (nSPS) is 13.0. The van der Waals surface area contributed by atoms with Crippen molar-refractivity contribution in [3.05, 3.63) is 65.6 Å². The fourth-order valence-electron chi connectivity index (χ4n) is 2.74. The second kappa shape index (κ2) is 10.2. The van der Waals surface area contributed by atoms with Crippen molar-refractivity contribution in [2.45, 2.75) is 39.5 Å². The third-order valence-electron chi connectivity index (χ3n) is 3.66. The zero-order valence-electron chi connectivity index (χ0n) is 14.0. The van der Waals surface area contributed by atoms with Crippen LogP contribution in [0.15, 0.2) is 48.4 Å². The van der Waals surface area contributed by atoms with E-state index in [-0.39, 0.29) is 31.6 Å². The van der Waals surface area contributed by atoms with Crippen molar-refractivity contribution in [3.8, 4) is 11.3 Å². The van der Waals surface area contributed by atoms with Gasteiger partial charge in [-0.25, -0.2) is 0 Å². The Morgan fingerprint density at radius 1 is 1.21 bits per heavy atom. The van der Waals surface area contributed by atoms with Crippen molar-refractivity contribution in [2.24, 2.45) is 0 Å². The van der Waals surface area contributed by atoms with E-state index in [2.05, 4.69) is 23.2 Å². The molecule has 0 fully saturated rings. The van der Waals surface area contributed by atoms with Gasteiger partial charge in [0.2, 0.25) is 0 Å². The number of aryl methyl sites for hydroxylation is 1. The second-order valence-corrected chi connectivity index (χ2v) is 5.67. The van der Waals surface area contributed by atoms with Crippen molar-refractivity contribution in [3.63, 3.8) is 0 Å². The van der Waals surface area contributed by atoms with Gasteiger partial charge in [0.1, 0.15) is 0 Å². The molecule has 2 aromatic rings. The molecule has 4 heteroatoms. The molecule has 1 radical (unpaired) electrons. The van der Waals surface area contributed by atoms with Crippen LogP contribution in [0.3, 0.4) is 0 Å². The molecular weight excluding hydrogens is 478 g/mol. The predicted molar refractivity (Wildman–Crippen MR) is 92.2 cm³/mol. The van der Waals surface area contributed by atoms with Crippen LogP contribution in [-0.4, -0.2) is 15.9 Å². The Labute approximate surface area is 157 Å². The Kier molecular flexibility index (Phi) is 8.59. The summed E-state index contributed by atoms with van der Waals surface area (Å²) in [6, 6.07) is 13.7. The number of carbonyl (C=O) groups excluding carboxylic acids is 1. The molecule has 3 rings (SSSR count). The molecule has 0 aliphatic heterocycles. The molecule has 24 heavy (non-hydrogen) atoms. The van der Waals surface area contributed by atoms with Crippen LogP contribution >= 0.6 is 0 Å². The zero-order valence-corrected chi connectivity index (χ0v) is 16.4. The van der Waals surface area contributed by atoms with E-state index in [1.54, 1.807) is 0 Å². The Hall–Kier alpha value is -1.77. The number of hydrogen-bond acceptors (Lipinski definition) is 3. The Bertz CT molecular complexity index is 692. The minimum Gasteiger partial charge on any atom is -0.512 e. The Balaban J connectivity index is 0.000000312. The topological polar surface area (TPSA) is 50.2 Å². The third kappa shape index (κ3) is 6.03. The first-order valence-corrected chi connectivity index (χ1v) is 7.89. The van der Waals surface area contributed by atoms with Crippen molar-refractivity contribution in [1.82, 2.24) is 4.98 Å². The van der Waals surface area contributed by atoms with Gasteiger partial charge in [0.15, 0.2) is 5.78 Å². The minimum atomic E-state index is -0.125. The molecule has 1 aromatic carbocycles. The van der Waals surface area contributed by atoms with Crippen LogP contribution in [0.25, 0.3) is 11.3 Å². The zero-order chi connectivity index (χ0) is 16.7. The number of aliphatic hydroxyl groups is 1.